The van der Waals surface area contributed by atoms with Gasteiger partial charge in [-0.3, -0.25) is 0 Å². The minimum absolute atomic E-state index is 0.796. The number of hydrogen-bond acceptors (Lipinski definition) is 4. The van der Waals surface area contributed by atoms with Crippen molar-refractivity contribution in [2.75, 3.05) is 20.9 Å². The molecule has 37 heavy (non-hydrogen) atoms. The zero-order valence-electron chi connectivity index (χ0n) is 22.1. The third-order valence-electron chi connectivity index (χ3n) is 6.91. The lowest BCUT2D eigenvalue weighted by molar-refractivity contribution is 0.269. The molecule has 0 amide bonds. The molecule has 0 aromatic heterocycles. The zero-order valence-corrected chi connectivity index (χ0v) is 22.1. The van der Waals surface area contributed by atoms with Crippen LogP contribution in [0.5, 0.6) is 11.5 Å². The van der Waals surface area contributed by atoms with Crippen LogP contribution < -0.4 is 9.47 Å². The lowest BCUT2D eigenvalue weighted by Gasteiger charge is -2.25. The molecule has 0 N–H and O–H groups in total. The van der Waals surface area contributed by atoms with E-state index >= 15 is 0 Å². The van der Waals surface area contributed by atoms with E-state index in [1.165, 1.54) is 44.8 Å². The quantitative estimate of drug-likeness (QED) is 0.262. The highest BCUT2D eigenvalue weighted by atomic mass is 16.5. The van der Waals surface area contributed by atoms with E-state index in [0.29, 0.717) is 0 Å². The average molecular weight is 491 g/mol. The summed E-state index contributed by atoms with van der Waals surface area (Å²) in [6, 6.07) is 34.6. The molecular weight excluding hydrogens is 456 g/mol. The molecule has 4 aromatic rings. The third-order valence-corrected chi connectivity index (χ3v) is 6.91. The Morgan fingerprint density at radius 1 is 0.514 bits per heavy atom. The van der Waals surface area contributed by atoms with Crippen LogP contribution in [0.2, 0.25) is 0 Å². The summed E-state index contributed by atoms with van der Waals surface area (Å²) in [6.07, 6.45) is 0. The Bertz CT molecular complexity index is 1250. The van der Waals surface area contributed by atoms with Crippen molar-refractivity contribution >= 4 is 11.4 Å². The lowest BCUT2D eigenvalue weighted by atomic mass is 10.0. The molecule has 4 aromatic carbocycles. The second kappa shape index (κ2) is 10.8. The smallest absolute Gasteiger partial charge is 0.118 e. The normalized spacial score (nSPS) is 13.3. The summed E-state index contributed by atoms with van der Waals surface area (Å²) < 4.78 is 10.8. The van der Waals surface area contributed by atoms with E-state index in [0.717, 1.165) is 31.3 Å². The van der Waals surface area contributed by atoms with Crippen LogP contribution in [0.25, 0.3) is 11.4 Å². The number of nitrogens with zero attached hydrogens (tertiary/aromatic N) is 2. The molecule has 5 rings (SSSR count). The van der Waals surface area contributed by atoms with Crippen molar-refractivity contribution in [1.82, 2.24) is 9.80 Å². The summed E-state index contributed by atoms with van der Waals surface area (Å²) in [7, 11) is 3.41. The molecule has 0 fully saturated rings. The van der Waals surface area contributed by atoms with Crippen molar-refractivity contribution in [3.63, 3.8) is 0 Å². The predicted octanol–water partition coefficient (Wildman–Crippen LogP) is 7.12. The van der Waals surface area contributed by atoms with E-state index in [1.807, 2.05) is 24.3 Å². The summed E-state index contributed by atoms with van der Waals surface area (Å²) in [6.45, 7) is 6.69. The van der Waals surface area contributed by atoms with Gasteiger partial charge < -0.3 is 19.3 Å². The van der Waals surface area contributed by atoms with Gasteiger partial charge in [0.25, 0.3) is 0 Å². The minimum Gasteiger partial charge on any atom is -0.497 e. The fraction of sp³-hybridized carbons (Fsp3) is 0.212. The number of ether oxygens (including phenoxy) is 2. The Balaban J connectivity index is 1.60. The SMILES string of the molecule is COc1ccc(CN2CN(Cc3ccc(OC)cc3)C(c3ccc(C)cc3)=C2c2ccc(C)cc2)cc1. The highest BCUT2D eigenvalue weighted by molar-refractivity contribution is 5.91. The van der Waals surface area contributed by atoms with Crippen molar-refractivity contribution in [1.29, 1.82) is 0 Å². The van der Waals surface area contributed by atoms with Gasteiger partial charge in [0.2, 0.25) is 0 Å². The van der Waals surface area contributed by atoms with E-state index in [2.05, 4.69) is 96.4 Å². The van der Waals surface area contributed by atoms with E-state index in [1.54, 1.807) is 14.2 Å². The zero-order chi connectivity index (χ0) is 25.8. The first-order valence-corrected chi connectivity index (χ1v) is 12.7. The molecule has 0 saturated heterocycles. The van der Waals surface area contributed by atoms with Gasteiger partial charge in [-0.1, -0.05) is 83.9 Å². The van der Waals surface area contributed by atoms with Crippen LogP contribution in [0.4, 0.5) is 0 Å². The molecule has 0 atom stereocenters. The summed E-state index contributed by atoms with van der Waals surface area (Å²) in [4.78, 5) is 4.98. The summed E-state index contributed by atoms with van der Waals surface area (Å²) in [5.74, 6) is 1.75. The van der Waals surface area contributed by atoms with Crippen molar-refractivity contribution in [2.24, 2.45) is 0 Å². The number of aryl methyl sites for hydroxylation is 2. The van der Waals surface area contributed by atoms with Gasteiger partial charge in [0.1, 0.15) is 11.5 Å². The molecule has 1 aliphatic rings. The maximum absolute atomic E-state index is 5.39. The molecule has 0 saturated carbocycles. The molecule has 0 bridgehead atoms. The van der Waals surface area contributed by atoms with Gasteiger partial charge in [-0.25, -0.2) is 0 Å². The van der Waals surface area contributed by atoms with Gasteiger partial charge in [-0.15, -0.1) is 0 Å². The standard InChI is InChI=1S/C33H34N2O2/c1-24-5-13-28(14-6-24)32-33(29-15-7-25(2)8-16-29)35(22-27-11-19-31(37-4)20-12-27)23-34(32)21-26-9-17-30(36-3)18-10-26/h5-20H,21-23H2,1-4H3. The van der Waals surface area contributed by atoms with E-state index in [9.17, 15) is 0 Å². The summed E-state index contributed by atoms with van der Waals surface area (Å²) >= 11 is 0. The molecule has 188 valence electrons. The van der Waals surface area contributed by atoms with Crippen LogP contribution in [0.3, 0.4) is 0 Å². The van der Waals surface area contributed by atoms with Crippen LogP contribution in [-0.4, -0.2) is 30.7 Å². The minimum atomic E-state index is 0.796. The third kappa shape index (κ3) is 5.49. The monoisotopic (exact) mass is 490 g/mol. The topological polar surface area (TPSA) is 24.9 Å². The van der Waals surface area contributed by atoms with Gasteiger partial charge in [0.15, 0.2) is 0 Å². The fourth-order valence-electron chi connectivity index (χ4n) is 4.87. The molecule has 4 nitrogen and oxygen atoms in total. The first-order valence-electron chi connectivity index (χ1n) is 12.7. The largest absolute Gasteiger partial charge is 0.497 e. The number of methoxy groups -OCH3 is 2. The summed E-state index contributed by atoms with van der Waals surface area (Å²) in [5.41, 5.74) is 9.99. The molecule has 0 aliphatic carbocycles. The van der Waals surface area contributed by atoms with Crippen molar-refractivity contribution in [3.05, 3.63) is 130 Å². The Morgan fingerprint density at radius 3 is 1.19 bits per heavy atom. The summed E-state index contributed by atoms with van der Waals surface area (Å²) in [5, 5.41) is 0. The number of hydrogen-bond donors (Lipinski definition) is 0. The maximum atomic E-state index is 5.39. The van der Waals surface area contributed by atoms with E-state index in [-0.39, 0.29) is 0 Å². The van der Waals surface area contributed by atoms with Crippen molar-refractivity contribution < 1.29 is 9.47 Å². The maximum Gasteiger partial charge on any atom is 0.118 e. The first kappa shape index (κ1) is 24.5. The van der Waals surface area contributed by atoms with E-state index < -0.39 is 0 Å². The number of benzene rings is 4. The second-order valence-corrected chi connectivity index (χ2v) is 9.66. The van der Waals surface area contributed by atoms with Crippen LogP contribution in [0, 0.1) is 13.8 Å². The molecule has 1 heterocycles. The van der Waals surface area contributed by atoms with E-state index in [4.69, 9.17) is 9.47 Å². The molecular formula is C33H34N2O2. The van der Waals surface area contributed by atoms with Gasteiger partial charge >= 0.3 is 0 Å². The van der Waals surface area contributed by atoms with Crippen molar-refractivity contribution in [3.8, 4) is 11.5 Å². The molecule has 1 aliphatic heterocycles. The first-order chi connectivity index (χ1) is 18.0. The molecule has 0 spiro atoms. The average Bonchev–Trinajstić information content (AvgIpc) is 3.27. The predicted molar refractivity (Wildman–Crippen MR) is 151 cm³/mol. The van der Waals surface area contributed by atoms with Gasteiger partial charge in [-0.2, -0.15) is 0 Å². The highest BCUT2D eigenvalue weighted by Gasteiger charge is 2.31. The Labute approximate surface area is 220 Å². The second-order valence-electron chi connectivity index (χ2n) is 9.66. The Kier molecular flexibility index (Phi) is 7.18. The molecule has 4 heteroatoms. The number of rotatable bonds is 8. The van der Waals surface area contributed by atoms with Crippen LogP contribution in [0.1, 0.15) is 33.4 Å². The lowest BCUT2D eigenvalue weighted by Crippen LogP contribution is -2.27. The molecule has 0 unspecified atom stereocenters. The van der Waals surface area contributed by atoms with Gasteiger partial charge in [0, 0.05) is 24.2 Å². The highest BCUT2D eigenvalue weighted by Crippen LogP contribution is 2.40. The van der Waals surface area contributed by atoms with Crippen LogP contribution >= 0.6 is 0 Å². The molecule has 0 radical (unpaired) electrons. The van der Waals surface area contributed by atoms with Crippen LogP contribution in [-0.2, 0) is 13.1 Å². The fourth-order valence-corrected chi connectivity index (χ4v) is 4.87. The van der Waals surface area contributed by atoms with Gasteiger partial charge in [0.05, 0.1) is 32.3 Å². The van der Waals surface area contributed by atoms with Crippen molar-refractivity contribution in [2.45, 2.75) is 26.9 Å². The Hall–Kier alpha value is -4.18. The van der Waals surface area contributed by atoms with Crippen LogP contribution in [0.15, 0.2) is 97.1 Å². The Morgan fingerprint density at radius 2 is 0.865 bits per heavy atom. The van der Waals surface area contributed by atoms with Gasteiger partial charge in [-0.05, 0) is 49.2 Å².